The third-order valence-corrected chi connectivity index (χ3v) is 3.55. The molecule has 120 valence electrons. The van der Waals surface area contributed by atoms with Crippen LogP contribution in [0.25, 0.3) is 0 Å². The van der Waals surface area contributed by atoms with Crippen molar-refractivity contribution in [1.29, 1.82) is 0 Å². The highest BCUT2D eigenvalue weighted by Gasteiger charge is 2.47. The Morgan fingerprint density at radius 2 is 1.95 bits per heavy atom. The van der Waals surface area contributed by atoms with Crippen molar-refractivity contribution in [3.8, 4) is 0 Å². The minimum absolute atomic E-state index is 0.359. The van der Waals surface area contributed by atoms with Crippen molar-refractivity contribution in [2.75, 3.05) is 13.2 Å². The van der Waals surface area contributed by atoms with E-state index < -0.39 is 30.4 Å². The van der Waals surface area contributed by atoms with Gasteiger partial charge in [-0.25, -0.2) is 0 Å². The van der Waals surface area contributed by atoms with E-state index >= 15 is 0 Å². The summed E-state index contributed by atoms with van der Waals surface area (Å²) in [6, 6.07) is 0. The van der Waals surface area contributed by atoms with E-state index in [1.54, 1.807) is 20.8 Å². The molecule has 0 spiro atoms. The van der Waals surface area contributed by atoms with Gasteiger partial charge in [0.15, 0.2) is 12.1 Å². The summed E-state index contributed by atoms with van der Waals surface area (Å²) in [7, 11) is 0. The molecule has 6 heteroatoms. The number of unbranched alkanes of at least 4 members (excludes halogenated alkanes) is 1. The number of aliphatic hydroxyl groups excluding tert-OH is 3. The summed E-state index contributed by atoms with van der Waals surface area (Å²) in [5.41, 5.74) is 0. The van der Waals surface area contributed by atoms with Crippen molar-refractivity contribution in [2.24, 2.45) is 5.92 Å². The second-order valence-electron chi connectivity index (χ2n) is 5.79. The van der Waals surface area contributed by atoms with Crippen LogP contribution in [0.3, 0.4) is 0 Å². The quantitative estimate of drug-likeness (QED) is 0.569. The maximum Gasteiger partial charge on any atom is 0.187 e. The predicted octanol–water partition coefficient (Wildman–Crippen LogP) is 0.631. The Balaban J connectivity index is 2.76. The fraction of sp³-hybridized carbons (Fsp3) is 1.00. The fourth-order valence-electron chi connectivity index (χ4n) is 2.30. The molecule has 20 heavy (non-hydrogen) atoms. The van der Waals surface area contributed by atoms with E-state index in [1.165, 1.54) is 0 Å². The Morgan fingerprint density at radius 3 is 2.40 bits per heavy atom. The molecule has 0 aromatic rings. The van der Waals surface area contributed by atoms with Crippen LogP contribution in [-0.4, -0.2) is 58.9 Å². The molecule has 1 aliphatic rings. The lowest BCUT2D eigenvalue weighted by Gasteiger charge is -2.32. The van der Waals surface area contributed by atoms with Gasteiger partial charge in [-0.15, -0.1) is 0 Å². The van der Waals surface area contributed by atoms with E-state index in [0.717, 1.165) is 12.8 Å². The molecule has 0 aromatic carbocycles. The minimum Gasteiger partial charge on any atom is -0.394 e. The van der Waals surface area contributed by atoms with Crippen molar-refractivity contribution in [3.05, 3.63) is 0 Å². The van der Waals surface area contributed by atoms with Crippen molar-refractivity contribution in [2.45, 2.75) is 70.9 Å². The van der Waals surface area contributed by atoms with E-state index in [1.807, 2.05) is 0 Å². The Labute approximate surface area is 120 Å². The average Bonchev–Trinajstić information content (AvgIpc) is 2.66. The summed E-state index contributed by atoms with van der Waals surface area (Å²) in [6.07, 6.45) is -1.39. The first-order valence-corrected chi connectivity index (χ1v) is 7.26. The first kappa shape index (κ1) is 17.8. The minimum atomic E-state index is -1.11. The highest BCUT2D eigenvalue weighted by Crippen LogP contribution is 2.33. The maximum atomic E-state index is 9.98. The van der Waals surface area contributed by atoms with Crippen LogP contribution in [0, 0.1) is 5.92 Å². The number of hydrogen-bond acceptors (Lipinski definition) is 6. The van der Waals surface area contributed by atoms with Crippen LogP contribution >= 0.6 is 0 Å². The lowest BCUT2D eigenvalue weighted by Crippen LogP contribution is -2.46. The van der Waals surface area contributed by atoms with E-state index in [9.17, 15) is 10.2 Å². The van der Waals surface area contributed by atoms with Crippen molar-refractivity contribution < 1.29 is 29.5 Å². The summed E-state index contributed by atoms with van der Waals surface area (Å²) in [5.74, 6) is -1.27. The fourth-order valence-corrected chi connectivity index (χ4v) is 2.30. The Hall–Kier alpha value is -0.240. The molecule has 1 rings (SSSR count). The SMILES string of the molecule is CCCCOC(C1OC(C)(C)O[C@H]1O)[C@H](C)C(O)CO. The number of aliphatic hydroxyl groups is 3. The molecular weight excluding hydrogens is 264 g/mol. The van der Waals surface area contributed by atoms with Crippen LogP contribution in [0.15, 0.2) is 0 Å². The molecule has 3 unspecified atom stereocenters. The number of hydrogen-bond donors (Lipinski definition) is 3. The van der Waals surface area contributed by atoms with Crippen LogP contribution in [0.1, 0.15) is 40.5 Å². The highest BCUT2D eigenvalue weighted by atomic mass is 16.8. The molecule has 1 fully saturated rings. The van der Waals surface area contributed by atoms with Gasteiger partial charge in [0.25, 0.3) is 0 Å². The zero-order chi connectivity index (χ0) is 15.3. The molecule has 0 amide bonds. The topological polar surface area (TPSA) is 88.4 Å². The molecule has 1 heterocycles. The van der Waals surface area contributed by atoms with Gasteiger partial charge in [0.1, 0.15) is 6.10 Å². The third kappa shape index (κ3) is 4.65. The molecular formula is C14H28O6. The summed E-state index contributed by atoms with van der Waals surface area (Å²) in [6.45, 7) is 7.40. The van der Waals surface area contributed by atoms with Gasteiger partial charge in [-0.1, -0.05) is 20.3 Å². The first-order chi connectivity index (χ1) is 9.32. The Bertz CT molecular complexity index is 283. The maximum absolute atomic E-state index is 9.98. The average molecular weight is 292 g/mol. The third-order valence-electron chi connectivity index (χ3n) is 3.55. The summed E-state index contributed by atoms with van der Waals surface area (Å²) in [4.78, 5) is 0. The van der Waals surface area contributed by atoms with Gasteiger partial charge >= 0.3 is 0 Å². The molecule has 0 aromatic heterocycles. The lowest BCUT2D eigenvalue weighted by molar-refractivity contribution is -0.177. The van der Waals surface area contributed by atoms with E-state index in [-0.39, 0.29) is 12.5 Å². The van der Waals surface area contributed by atoms with Gasteiger partial charge in [-0.2, -0.15) is 0 Å². The van der Waals surface area contributed by atoms with Gasteiger partial charge in [0.05, 0.1) is 18.8 Å². The zero-order valence-corrected chi connectivity index (χ0v) is 12.8. The molecule has 0 radical (unpaired) electrons. The largest absolute Gasteiger partial charge is 0.394 e. The molecule has 1 aliphatic heterocycles. The van der Waals surface area contributed by atoms with Crippen LogP contribution < -0.4 is 0 Å². The van der Waals surface area contributed by atoms with Crippen molar-refractivity contribution >= 4 is 0 Å². The molecule has 0 saturated carbocycles. The van der Waals surface area contributed by atoms with Crippen LogP contribution in [0.5, 0.6) is 0 Å². The molecule has 0 bridgehead atoms. The van der Waals surface area contributed by atoms with Crippen LogP contribution in [-0.2, 0) is 14.2 Å². The van der Waals surface area contributed by atoms with Crippen molar-refractivity contribution in [3.63, 3.8) is 0 Å². The molecule has 3 N–H and O–H groups in total. The first-order valence-electron chi connectivity index (χ1n) is 7.26. The number of rotatable bonds is 8. The van der Waals surface area contributed by atoms with Crippen LogP contribution in [0.2, 0.25) is 0 Å². The van der Waals surface area contributed by atoms with Gasteiger partial charge in [0, 0.05) is 12.5 Å². The highest BCUT2D eigenvalue weighted by molar-refractivity contribution is 4.87. The van der Waals surface area contributed by atoms with Gasteiger partial charge < -0.3 is 29.5 Å². The smallest absolute Gasteiger partial charge is 0.187 e. The van der Waals surface area contributed by atoms with E-state index in [4.69, 9.17) is 19.3 Å². The second kappa shape index (κ2) is 7.68. The lowest BCUT2D eigenvalue weighted by atomic mass is 9.93. The summed E-state index contributed by atoms with van der Waals surface area (Å²) >= 11 is 0. The molecule has 5 atom stereocenters. The van der Waals surface area contributed by atoms with Gasteiger partial charge in [-0.3, -0.25) is 0 Å². The molecule has 0 aliphatic carbocycles. The monoisotopic (exact) mass is 292 g/mol. The normalized spacial score (nSPS) is 30.1. The molecule has 1 saturated heterocycles. The summed E-state index contributed by atoms with van der Waals surface area (Å²) in [5, 5.41) is 28.9. The van der Waals surface area contributed by atoms with Crippen molar-refractivity contribution in [1.82, 2.24) is 0 Å². The van der Waals surface area contributed by atoms with Gasteiger partial charge in [-0.05, 0) is 20.3 Å². The Kier molecular flexibility index (Phi) is 6.84. The van der Waals surface area contributed by atoms with E-state index in [2.05, 4.69) is 6.92 Å². The molecule has 6 nitrogen and oxygen atoms in total. The Morgan fingerprint density at radius 1 is 1.30 bits per heavy atom. The zero-order valence-electron chi connectivity index (χ0n) is 12.8. The summed E-state index contributed by atoms with van der Waals surface area (Å²) < 4.78 is 16.8. The predicted molar refractivity (Wildman–Crippen MR) is 72.9 cm³/mol. The van der Waals surface area contributed by atoms with Gasteiger partial charge in [0.2, 0.25) is 0 Å². The number of ether oxygens (including phenoxy) is 3. The standard InChI is InChI=1S/C14H28O6/c1-5-6-7-18-11(9(2)10(16)8-15)12-13(17)20-14(3,4)19-12/h9-13,15-17H,5-8H2,1-4H3/t9-,10?,11?,12?,13-/m1/s1. The van der Waals surface area contributed by atoms with Crippen LogP contribution in [0.4, 0.5) is 0 Å². The second-order valence-corrected chi connectivity index (χ2v) is 5.79. The van der Waals surface area contributed by atoms with E-state index in [0.29, 0.717) is 6.61 Å².